The van der Waals surface area contributed by atoms with Crippen molar-refractivity contribution in [3.05, 3.63) is 83.0 Å². The van der Waals surface area contributed by atoms with Gasteiger partial charge in [-0.1, -0.05) is 12.1 Å². The van der Waals surface area contributed by atoms with Gasteiger partial charge in [-0.15, -0.1) is 0 Å². The molecule has 0 radical (unpaired) electrons. The summed E-state index contributed by atoms with van der Waals surface area (Å²) in [5, 5.41) is 11.5. The third-order valence-electron chi connectivity index (χ3n) is 3.69. The van der Waals surface area contributed by atoms with E-state index in [2.05, 4.69) is 10.3 Å². The first-order valence-corrected chi connectivity index (χ1v) is 7.77. The van der Waals surface area contributed by atoms with Crippen molar-refractivity contribution in [3.8, 4) is 11.1 Å². The highest BCUT2D eigenvalue weighted by atomic mass is 16.4. The van der Waals surface area contributed by atoms with Crippen LogP contribution in [-0.2, 0) is 11.3 Å². The Morgan fingerprint density at radius 2 is 1.81 bits per heavy atom. The first-order chi connectivity index (χ1) is 12.5. The van der Waals surface area contributed by atoms with Gasteiger partial charge < -0.3 is 15.0 Å². The molecule has 0 saturated heterocycles. The number of amides is 1. The van der Waals surface area contributed by atoms with Crippen LogP contribution in [0.5, 0.6) is 0 Å². The lowest BCUT2D eigenvalue weighted by Gasteiger charge is -2.09. The number of pyridine rings is 2. The Balaban J connectivity index is 1.83. The van der Waals surface area contributed by atoms with Crippen molar-refractivity contribution in [1.29, 1.82) is 0 Å². The number of carboxylic acid groups (broad SMARTS) is 1. The average molecular weight is 349 g/mol. The van der Waals surface area contributed by atoms with E-state index in [4.69, 9.17) is 5.11 Å². The van der Waals surface area contributed by atoms with Crippen LogP contribution in [0.25, 0.3) is 11.1 Å². The normalized spacial score (nSPS) is 10.3. The second-order valence-corrected chi connectivity index (χ2v) is 5.55. The van der Waals surface area contributed by atoms with E-state index < -0.39 is 18.1 Å². The van der Waals surface area contributed by atoms with Gasteiger partial charge in [0.05, 0.1) is 5.69 Å². The molecule has 2 aromatic heterocycles. The number of nitrogens with one attached hydrogen (secondary N) is 1. The SMILES string of the molecule is O=C(O)Cn1cc(NC(=O)c2cccc(-c3ccncc3)c2)ccc1=O. The van der Waals surface area contributed by atoms with Crippen LogP contribution >= 0.6 is 0 Å². The molecular formula is C19H15N3O4. The number of aromatic nitrogens is 2. The van der Waals surface area contributed by atoms with Gasteiger partial charge in [0.1, 0.15) is 6.54 Å². The largest absolute Gasteiger partial charge is 0.480 e. The van der Waals surface area contributed by atoms with Gasteiger partial charge in [0.2, 0.25) is 0 Å². The smallest absolute Gasteiger partial charge is 0.323 e. The number of nitrogens with zero attached hydrogens (tertiary/aromatic N) is 2. The number of carboxylic acids is 1. The Kier molecular flexibility index (Phi) is 4.89. The molecular weight excluding hydrogens is 334 g/mol. The van der Waals surface area contributed by atoms with Gasteiger partial charge >= 0.3 is 5.97 Å². The minimum atomic E-state index is -1.14. The Morgan fingerprint density at radius 1 is 1.04 bits per heavy atom. The number of carbonyl (C=O) groups is 2. The summed E-state index contributed by atoms with van der Waals surface area (Å²) < 4.78 is 1.02. The van der Waals surface area contributed by atoms with Crippen LogP contribution in [0.2, 0.25) is 0 Å². The van der Waals surface area contributed by atoms with Gasteiger partial charge in [0.15, 0.2) is 0 Å². The van der Waals surface area contributed by atoms with Crippen molar-refractivity contribution >= 4 is 17.6 Å². The molecule has 0 aliphatic heterocycles. The molecule has 0 atom stereocenters. The summed E-state index contributed by atoms with van der Waals surface area (Å²) in [6.45, 7) is -0.472. The summed E-state index contributed by atoms with van der Waals surface area (Å²) in [7, 11) is 0. The highest BCUT2D eigenvalue weighted by Crippen LogP contribution is 2.20. The van der Waals surface area contributed by atoms with E-state index in [-0.39, 0.29) is 5.91 Å². The van der Waals surface area contributed by atoms with Crippen molar-refractivity contribution in [3.63, 3.8) is 0 Å². The lowest BCUT2D eigenvalue weighted by atomic mass is 10.0. The van der Waals surface area contributed by atoms with Crippen LogP contribution in [0.15, 0.2) is 71.9 Å². The molecule has 1 amide bonds. The lowest BCUT2D eigenvalue weighted by molar-refractivity contribution is -0.137. The molecule has 0 saturated carbocycles. The molecule has 26 heavy (non-hydrogen) atoms. The number of rotatable bonds is 5. The second kappa shape index (κ2) is 7.43. The fourth-order valence-corrected chi connectivity index (χ4v) is 2.46. The van der Waals surface area contributed by atoms with E-state index in [1.165, 1.54) is 18.3 Å². The number of aliphatic carboxylic acids is 1. The third-order valence-corrected chi connectivity index (χ3v) is 3.69. The standard InChI is InChI=1S/C19H15N3O4/c23-17-5-4-16(11-22(17)12-18(24)25)21-19(26)15-3-1-2-14(10-15)13-6-8-20-9-7-13/h1-11H,12H2,(H,21,26)(H,24,25). The van der Waals surface area contributed by atoms with Crippen molar-refractivity contribution in [2.45, 2.75) is 6.54 Å². The van der Waals surface area contributed by atoms with Gasteiger partial charge in [-0.05, 0) is 41.5 Å². The predicted molar refractivity (Wildman–Crippen MR) is 96.0 cm³/mol. The Hall–Kier alpha value is -3.74. The first kappa shape index (κ1) is 17.1. The summed E-state index contributed by atoms with van der Waals surface area (Å²) in [5.41, 5.74) is 2.13. The molecule has 3 aromatic rings. The molecule has 1 aromatic carbocycles. The number of hydrogen-bond donors (Lipinski definition) is 2. The fourth-order valence-electron chi connectivity index (χ4n) is 2.46. The molecule has 0 aliphatic rings. The van der Waals surface area contributed by atoms with Gasteiger partial charge in [-0.2, -0.15) is 0 Å². The van der Waals surface area contributed by atoms with Crippen LogP contribution in [-0.4, -0.2) is 26.5 Å². The van der Waals surface area contributed by atoms with Crippen molar-refractivity contribution in [2.24, 2.45) is 0 Å². The molecule has 2 heterocycles. The number of carbonyl (C=O) groups excluding carboxylic acids is 1. The number of hydrogen-bond acceptors (Lipinski definition) is 4. The molecule has 3 rings (SSSR count). The summed E-state index contributed by atoms with van der Waals surface area (Å²) in [4.78, 5) is 38.9. The molecule has 130 valence electrons. The van der Waals surface area contributed by atoms with Crippen molar-refractivity contribution in [2.75, 3.05) is 5.32 Å². The zero-order chi connectivity index (χ0) is 18.5. The minimum absolute atomic E-state index is 0.338. The fraction of sp³-hybridized carbons (Fsp3) is 0.0526. The summed E-state index contributed by atoms with van der Waals surface area (Å²) in [5.74, 6) is -1.50. The molecule has 7 nitrogen and oxygen atoms in total. The minimum Gasteiger partial charge on any atom is -0.480 e. The molecule has 0 fully saturated rings. The molecule has 2 N–H and O–H groups in total. The van der Waals surface area contributed by atoms with E-state index in [9.17, 15) is 14.4 Å². The topological polar surface area (TPSA) is 101 Å². The molecule has 0 spiro atoms. The Morgan fingerprint density at radius 3 is 2.54 bits per heavy atom. The highest BCUT2D eigenvalue weighted by Gasteiger charge is 2.09. The predicted octanol–water partition coefficient (Wildman–Crippen LogP) is 2.25. The van der Waals surface area contributed by atoms with Gasteiger partial charge in [-0.25, -0.2) is 0 Å². The highest BCUT2D eigenvalue weighted by molar-refractivity contribution is 6.04. The van der Waals surface area contributed by atoms with Gasteiger partial charge in [0, 0.05) is 30.2 Å². The van der Waals surface area contributed by atoms with Crippen LogP contribution in [0.1, 0.15) is 10.4 Å². The summed E-state index contributed by atoms with van der Waals surface area (Å²) in [6, 6.07) is 13.4. The third kappa shape index (κ3) is 4.02. The average Bonchev–Trinajstić information content (AvgIpc) is 2.65. The van der Waals surface area contributed by atoms with Crippen LogP contribution < -0.4 is 10.9 Å². The van der Waals surface area contributed by atoms with Crippen molar-refractivity contribution < 1.29 is 14.7 Å². The Bertz CT molecular complexity index is 1010. The zero-order valence-electron chi connectivity index (χ0n) is 13.6. The maximum Gasteiger partial charge on any atom is 0.323 e. The summed E-state index contributed by atoms with van der Waals surface area (Å²) >= 11 is 0. The van der Waals surface area contributed by atoms with E-state index in [1.54, 1.807) is 30.6 Å². The maximum absolute atomic E-state index is 12.5. The molecule has 0 bridgehead atoms. The second-order valence-electron chi connectivity index (χ2n) is 5.55. The zero-order valence-corrected chi connectivity index (χ0v) is 13.6. The van der Waals surface area contributed by atoms with E-state index in [0.717, 1.165) is 15.7 Å². The lowest BCUT2D eigenvalue weighted by Crippen LogP contribution is -2.24. The summed E-state index contributed by atoms with van der Waals surface area (Å²) in [6.07, 6.45) is 4.66. The number of anilines is 1. The van der Waals surface area contributed by atoms with Gasteiger partial charge in [0.25, 0.3) is 11.5 Å². The van der Waals surface area contributed by atoms with Crippen LogP contribution in [0.4, 0.5) is 5.69 Å². The van der Waals surface area contributed by atoms with E-state index >= 15 is 0 Å². The van der Waals surface area contributed by atoms with E-state index in [1.807, 2.05) is 18.2 Å². The van der Waals surface area contributed by atoms with E-state index in [0.29, 0.717) is 11.3 Å². The monoisotopic (exact) mass is 349 g/mol. The Labute approximate surface area is 148 Å². The van der Waals surface area contributed by atoms with Crippen molar-refractivity contribution in [1.82, 2.24) is 9.55 Å². The molecule has 0 unspecified atom stereocenters. The number of benzene rings is 1. The first-order valence-electron chi connectivity index (χ1n) is 7.77. The maximum atomic E-state index is 12.5. The quantitative estimate of drug-likeness (QED) is 0.736. The van der Waals surface area contributed by atoms with Gasteiger partial charge in [-0.3, -0.25) is 19.4 Å². The van der Waals surface area contributed by atoms with Crippen LogP contribution in [0, 0.1) is 0 Å². The molecule has 7 heteroatoms. The molecule has 0 aliphatic carbocycles. The van der Waals surface area contributed by atoms with Crippen LogP contribution in [0.3, 0.4) is 0 Å².